The first kappa shape index (κ1) is 37.5. The van der Waals surface area contributed by atoms with Crippen molar-refractivity contribution >= 4 is 5.97 Å². The first-order valence-electron chi connectivity index (χ1n) is 18.6. The quantitative estimate of drug-likeness (QED) is 0.0703. The number of ether oxygens (including phenoxy) is 3. The fourth-order valence-corrected chi connectivity index (χ4v) is 7.26. The highest BCUT2D eigenvalue weighted by Crippen LogP contribution is 2.31. The maximum absolute atomic E-state index is 11.7. The third-order valence-electron chi connectivity index (χ3n) is 10.1. The maximum Gasteiger partial charge on any atom is 0.334 e. The molecule has 2 fully saturated rings. The van der Waals surface area contributed by atoms with Gasteiger partial charge in [-0.25, -0.2) is 4.79 Å². The van der Waals surface area contributed by atoms with Gasteiger partial charge in [0.2, 0.25) is 0 Å². The fourth-order valence-electron chi connectivity index (χ4n) is 7.26. The van der Waals surface area contributed by atoms with Crippen molar-refractivity contribution in [1.29, 1.82) is 0 Å². The second-order valence-corrected chi connectivity index (χ2v) is 14.0. The van der Waals surface area contributed by atoms with Crippen LogP contribution in [0, 0.1) is 0 Å². The highest BCUT2D eigenvalue weighted by molar-refractivity contribution is 5.90. The van der Waals surface area contributed by atoms with Gasteiger partial charge in [-0.05, 0) is 77.2 Å². The van der Waals surface area contributed by atoms with E-state index in [0.29, 0.717) is 12.8 Å². The van der Waals surface area contributed by atoms with Crippen LogP contribution in [0.1, 0.15) is 168 Å². The average Bonchev–Trinajstić information content (AvgIpc) is 3.76. The molecule has 8 atom stereocenters. The summed E-state index contributed by atoms with van der Waals surface area (Å²) in [5, 5.41) is 32.1. The van der Waals surface area contributed by atoms with Gasteiger partial charge in [0.1, 0.15) is 6.10 Å². The minimum absolute atomic E-state index is 0.0617. The molecule has 256 valence electrons. The molecule has 0 radical (unpaired) electrons. The van der Waals surface area contributed by atoms with Crippen LogP contribution in [0.5, 0.6) is 0 Å². The summed E-state index contributed by atoms with van der Waals surface area (Å²) in [5.74, 6) is -0.133. The Morgan fingerprint density at radius 1 is 0.659 bits per heavy atom. The van der Waals surface area contributed by atoms with E-state index in [1.807, 2.05) is 13.0 Å². The minimum Gasteiger partial charge on any atom is -0.455 e. The van der Waals surface area contributed by atoms with Gasteiger partial charge in [0.05, 0.1) is 42.7 Å². The lowest BCUT2D eigenvalue weighted by Gasteiger charge is -2.24. The van der Waals surface area contributed by atoms with Gasteiger partial charge >= 0.3 is 5.97 Å². The third-order valence-corrected chi connectivity index (χ3v) is 10.1. The van der Waals surface area contributed by atoms with Gasteiger partial charge in [0.15, 0.2) is 0 Å². The molecule has 0 bridgehead atoms. The summed E-state index contributed by atoms with van der Waals surface area (Å²) in [4.78, 5) is 11.7. The zero-order valence-electron chi connectivity index (χ0n) is 28.1. The van der Waals surface area contributed by atoms with Gasteiger partial charge in [-0.1, -0.05) is 96.8 Å². The summed E-state index contributed by atoms with van der Waals surface area (Å²) >= 11 is 0. The minimum atomic E-state index is -0.609. The topological polar surface area (TPSA) is 105 Å². The highest BCUT2D eigenvalue weighted by Gasteiger charge is 2.36. The number of carbonyl (C=O) groups is 1. The molecule has 0 aromatic rings. The largest absolute Gasteiger partial charge is 0.455 e. The molecule has 2 saturated heterocycles. The fraction of sp³-hybridized carbons (Fsp3) is 0.919. The highest BCUT2D eigenvalue weighted by atomic mass is 16.5. The average molecular weight is 623 g/mol. The van der Waals surface area contributed by atoms with Crippen LogP contribution >= 0.6 is 0 Å². The third kappa shape index (κ3) is 14.2. The van der Waals surface area contributed by atoms with Gasteiger partial charge in [0, 0.05) is 5.57 Å². The molecule has 0 aliphatic carbocycles. The lowest BCUT2D eigenvalue weighted by atomic mass is 9.98. The Morgan fingerprint density at radius 2 is 1.16 bits per heavy atom. The lowest BCUT2D eigenvalue weighted by Crippen LogP contribution is -2.33. The number of rotatable bonds is 25. The van der Waals surface area contributed by atoms with E-state index in [9.17, 15) is 20.1 Å². The van der Waals surface area contributed by atoms with Crippen LogP contribution in [0.2, 0.25) is 0 Å². The van der Waals surface area contributed by atoms with Crippen molar-refractivity contribution in [3.05, 3.63) is 11.6 Å². The van der Waals surface area contributed by atoms with E-state index in [1.54, 1.807) is 0 Å². The molecule has 0 saturated carbocycles. The van der Waals surface area contributed by atoms with Crippen molar-refractivity contribution < 1.29 is 34.3 Å². The van der Waals surface area contributed by atoms with Crippen LogP contribution in [0.25, 0.3) is 0 Å². The predicted molar refractivity (Wildman–Crippen MR) is 175 cm³/mol. The molecular formula is C37H66O7. The second kappa shape index (κ2) is 21.7. The summed E-state index contributed by atoms with van der Waals surface area (Å²) in [6.45, 7) is 4.15. The van der Waals surface area contributed by atoms with E-state index in [4.69, 9.17) is 14.2 Å². The van der Waals surface area contributed by atoms with E-state index >= 15 is 0 Å². The molecule has 0 aromatic heterocycles. The molecule has 0 unspecified atom stereocenters. The van der Waals surface area contributed by atoms with Crippen LogP contribution in [0.3, 0.4) is 0 Å². The molecule has 3 N–H and O–H groups in total. The first-order valence-corrected chi connectivity index (χ1v) is 18.6. The number of carbonyl (C=O) groups excluding carboxylic acids is 1. The summed E-state index contributed by atoms with van der Waals surface area (Å²) in [5.41, 5.74) is 0.852. The summed E-state index contributed by atoms with van der Waals surface area (Å²) in [6, 6.07) is 0. The smallest absolute Gasteiger partial charge is 0.334 e. The van der Waals surface area contributed by atoms with Gasteiger partial charge in [0.25, 0.3) is 0 Å². The summed E-state index contributed by atoms with van der Waals surface area (Å²) < 4.78 is 17.4. The first-order chi connectivity index (χ1) is 21.4. The molecule has 3 rings (SSSR count). The molecule has 7 heteroatoms. The SMILES string of the molecule is CCCCCCCCCC[C@H](O)[C@@H]1CC[C@@H]([C@H](O)CC[C@@H](O)[C@@H]2CC[C@@H](CCCCCCCCCC3=C[C@@H](C)OC3=O)O2)O1. The van der Waals surface area contributed by atoms with Crippen LogP contribution in [-0.4, -0.2) is 70.1 Å². The molecule has 3 aliphatic rings. The number of esters is 1. The van der Waals surface area contributed by atoms with Crippen LogP contribution in [0.4, 0.5) is 0 Å². The van der Waals surface area contributed by atoms with Crippen LogP contribution in [0.15, 0.2) is 11.6 Å². The van der Waals surface area contributed by atoms with Crippen molar-refractivity contribution in [2.24, 2.45) is 0 Å². The Morgan fingerprint density at radius 3 is 1.75 bits per heavy atom. The number of hydrogen-bond donors (Lipinski definition) is 3. The number of cyclic esters (lactones) is 1. The number of aliphatic hydroxyl groups excluding tert-OH is 3. The molecule has 0 amide bonds. The van der Waals surface area contributed by atoms with Crippen molar-refractivity contribution in [2.75, 3.05) is 0 Å². The standard InChI is InChI=1S/C37H66O7/c1-3-4-5-6-7-11-14-17-20-31(38)35-25-26-36(44-35)33(40)23-22-32(39)34-24-21-30(43-34)19-16-13-10-8-9-12-15-18-29-27-28(2)42-37(29)41/h27-28,30-36,38-40H,3-26H2,1-2H3/t28-,30-,31+,32-,33-,34+,35+,36+/m1/s1. The number of unbranched alkanes of at least 4 members (excludes halogenated alkanes) is 13. The number of hydrogen-bond acceptors (Lipinski definition) is 7. The molecule has 44 heavy (non-hydrogen) atoms. The van der Waals surface area contributed by atoms with Crippen LogP contribution in [-0.2, 0) is 19.0 Å². The van der Waals surface area contributed by atoms with Crippen LogP contribution < -0.4 is 0 Å². The Bertz CT molecular complexity index is 801. The van der Waals surface area contributed by atoms with E-state index in [-0.39, 0.29) is 36.5 Å². The van der Waals surface area contributed by atoms with Gasteiger partial charge in [-0.15, -0.1) is 0 Å². The molecule has 0 aromatic carbocycles. The van der Waals surface area contributed by atoms with Crippen molar-refractivity contribution in [3.8, 4) is 0 Å². The molecule has 0 spiro atoms. The van der Waals surface area contributed by atoms with E-state index in [1.165, 1.54) is 70.6 Å². The van der Waals surface area contributed by atoms with E-state index in [0.717, 1.165) is 76.2 Å². The van der Waals surface area contributed by atoms with Crippen molar-refractivity contribution in [3.63, 3.8) is 0 Å². The predicted octanol–water partition coefficient (Wildman–Crippen LogP) is 7.86. The molecule has 3 aliphatic heterocycles. The molecular weight excluding hydrogens is 556 g/mol. The normalized spacial score (nSPS) is 27.4. The zero-order valence-corrected chi connectivity index (χ0v) is 28.1. The van der Waals surface area contributed by atoms with Crippen molar-refractivity contribution in [2.45, 2.75) is 217 Å². The lowest BCUT2D eigenvalue weighted by molar-refractivity contribution is -0.139. The van der Waals surface area contributed by atoms with Gasteiger partial charge in [-0.3, -0.25) is 0 Å². The molecule has 7 nitrogen and oxygen atoms in total. The Labute approximate surface area is 268 Å². The second-order valence-electron chi connectivity index (χ2n) is 14.0. The molecule has 3 heterocycles. The monoisotopic (exact) mass is 622 g/mol. The van der Waals surface area contributed by atoms with Gasteiger partial charge in [-0.2, -0.15) is 0 Å². The number of aliphatic hydroxyl groups is 3. The Kier molecular flexibility index (Phi) is 18.5. The van der Waals surface area contributed by atoms with Crippen molar-refractivity contribution in [1.82, 2.24) is 0 Å². The zero-order chi connectivity index (χ0) is 31.6. The Balaban J connectivity index is 1.15. The van der Waals surface area contributed by atoms with Gasteiger partial charge < -0.3 is 29.5 Å². The summed E-state index contributed by atoms with van der Waals surface area (Å²) in [7, 11) is 0. The maximum atomic E-state index is 11.7. The van der Waals surface area contributed by atoms with E-state index in [2.05, 4.69) is 6.92 Å². The van der Waals surface area contributed by atoms with E-state index < -0.39 is 18.3 Å². The Hall–Kier alpha value is -0.990. The summed E-state index contributed by atoms with van der Waals surface area (Å²) in [6.07, 6.45) is 25.4.